The quantitative estimate of drug-likeness (QED) is 0.581. The van der Waals surface area contributed by atoms with Gasteiger partial charge < -0.3 is 25.4 Å². The van der Waals surface area contributed by atoms with E-state index in [2.05, 4.69) is 10.1 Å². The van der Waals surface area contributed by atoms with Crippen LogP contribution in [0.15, 0.2) is 34.9 Å². The van der Waals surface area contributed by atoms with Gasteiger partial charge in [-0.3, -0.25) is 4.79 Å². The zero-order valence-corrected chi connectivity index (χ0v) is 17.3. The fraction of sp³-hybridized carbons (Fsp3) is 0.273. The highest BCUT2D eigenvalue weighted by molar-refractivity contribution is 5.94. The van der Waals surface area contributed by atoms with Crippen molar-refractivity contribution in [2.75, 3.05) is 19.3 Å². The third-order valence-corrected chi connectivity index (χ3v) is 5.86. The first kappa shape index (κ1) is 20.5. The van der Waals surface area contributed by atoms with Crippen molar-refractivity contribution >= 4 is 17.6 Å². The molecule has 0 radical (unpaired) electrons. The van der Waals surface area contributed by atoms with Gasteiger partial charge >= 0.3 is 5.97 Å². The highest BCUT2D eigenvalue weighted by atomic mass is 16.5. The number of hydrogen-bond acceptors (Lipinski definition) is 7. The molecule has 9 heteroatoms. The Balaban J connectivity index is 1.76. The number of nitrogens with zero attached hydrogens (tertiary/aromatic N) is 3. The second-order valence-corrected chi connectivity index (χ2v) is 7.77. The molecule has 1 atom stereocenters. The van der Waals surface area contributed by atoms with Gasteiger partial charge in [-0.1, -0.05) is 23.4 Å². The number of benzene rings is 1. The maximum absolute atomic E-state index is 12.3. The Morgan fingerprint density at radius 2 is 1.94 bits per heavy atom. The molecule has 1 amide bonds. The van der Waals surface area contributed by atoms with Gasteiger partial charge in [-0.15, -0.1) is 0 Å². The number of rotatable bonds is 4. The summed E-state index contributed by atoms with van der Waals surface area (Å²) in [4.78, 5) is 29.6. The molecule has 0 aliphatic carbocycles. The third-order valence-electron chi connectivity index (χ3n) is 5.86. The van der Waals surface area contributed by atoms with Gasteiger partial charge in [0.15, 0.2) is 11.5 Å². The van der Waals surface area contributed by atoms with Crippen molar-refractivity contribution in [1.29, 1.82) is 0 Å². The monoisotopic (exact) mass is 422 g/mol. The van der Waals surface area contributed by atoms with E-state index in [0.717, 1.165) is 5.56 Å². The standard InChI is InChI=1S/C22H22N4O5/c1-11-12(2)18(24-19(17(11)23)20(27)28)14-6-4-5-13(9-14)15-10-16(31-25-15)22(30)7-8-26(3)21(22)29/h4-6,9-10,30H,7-8,23H2,1-3H3,(H,27,28)/t22-/m1/s1. The maximum atomic E-state index is 12.3. The average molecular weight is 422 g/mol. The van der Waals surface area contributed by atoms with Crippen LogP contribution < -0.4 is 5.73 Å². The number of nitrogens with two attached hydrogens (primary N) is 1. The summed E-state index contributed by atoms with van der Waals surface area (Å²) in [5.41, 5.74) is 7.87. The van der Waals surface area contributed by atoms with E-state index in [-0.39, 0.29) is 23.6 Å². The van der Waals surface area contributed by atoms with Gasteiger partial charge in [0.05, 0.1) is 11.4 Å². The van der Waals surface area contributed by atoms with Gasteiger partial charge in [0.25, 0.3) is 5.91 Å². The number of aliphatic hydroxyl groups is 1. The Labute approximate surface area is 178 Å². The van der Waals surface area contributed by atoms with Gasteiger partial charge in [0, 0.05) is 37.2 Å². The normalized spacial score (nSPS) is 18.6. The minimum absolute atomic E-state index is 0.0908. The predicted molar refractivity (Wildman–Crippen MR) is 112 cm³/mol. The van der Waals surface area contributed by atoms with Gasteiger partial charge in [-0.2, -0.15) is 0 Å². The van der Waals surface area contributed by atoms with Crippen LogP contribution in [0.5, 0.6) is 0 Å². The summed E-state index contributed by atoms with van der Waals surface area (Å²) in [5, 5.41) is 24.2. The lowest BCUT2D eigenvalue weighted by atomic mass is 9.96. The first-order valence-electron chi connectivity index (χ1n) is 9.69. The van der Waals surface area contributed by atoms with Crippen LogP contribution in [0.25, 0.3) is 22.5 Å². The molecule has 0 saturated carbocycles. The number of carboxylic acid groups (broad SMARTS) is 1. The molecule has 31 heavy (non-hydrogen) atoms. The summed E-state index contributed by atoms with van der Waals surface area (Å²) in [6.07, 6.45) is 0.225. The van der Waals surface area contributed by atoms with Crippen LogP contribution in [0.3, 0.4) is 0 Å². The lowest BCUT2D eigenvalue weighted by Crippen LogP contribution is -2.35. The van der Waals surface area contributed by atoms with E-state index >= 15 is 0 Å². The molecular weight excluding hydrogens is 400 g/mol. The first-order valence-corrected chi connectivity index (χ1v) is 9.69. The van der Waals surface area contributed by atoms with Crippen molar-refractivity contribution in [3.63, 3.8) is 0 Å². The summed E-state index contributed by atoms with van der Waals surface area (Å²) in [7, 11) is 1.62. The minimum atomic E-state index is -1.72. The van der Waals surface area contributed by atoms with E-state index in [0.29, 0.717) is 34.6 Å². The Bertz CT molecular complexity index is 1220. The molecule has 160 valence electrons. The van der Waals surface area contributed by atoms with Gasteiger partial charge in [-0.25, -0.2) is 9.78 Å². The van der Waals surface area contributed by atoms with Gasteiger partial charge in [0.2, 0.25) is 5.60 Å². The second kappa shape index (κ2) is 7.21. The van der Waals surface area contributed by atoms with E-state index in [1.54, 1.807) is 38.2 Å². The Morgan fingerprint density at radius 1 is 1.23 bits per heavy atom. The molecular formula is C22H22N4O5. The Kier molecular flexibility index (Phi) is 4.78. The number of aromatic carboxylic acids is 1. The van der Waals surface area contributed by atoms with Crippen LogP contribution in [0.2, 0.25) is 0 Å². The topological polar surface area (TPSA) is 143 Å². The number of aromatic nitrogens is 2. The number of hydrogen-bond donors (Lipinski definition) is 3. The highest BCUT2D eigenvalue weighted by Gasteiger charge is 2.48. The second-order valence-electron chi connectivity index (χ2n) is 7.77. The van der Waals surface area contributed by atoms with E-state index in [4.69, 9.17) is 10.3 Å². The van der Waals surface area contributed by atoms with Crippen LogP contribution in [0.4, 0.5) is 5.69 Å². The highest BCUT2D eigenvalue weighted by Crippen LogP contribution is 2.36. The number of pyridine rings is 1. The lowest BCUT2D eigenvalue weighted by Gasteiger charge is -2.16. The number of nitrogen functional groups attached to an aromatic ring is 1. The minimum Gasteiger partial charge on any atom is -0.476 e. The van der Waals surface area contributed by atoms with Crippen molar-refractivity contribution in [3.05, 3.63) is 52.9 Å². The largest absolute Gasteiger partial charge is 0.476 e. The summed E-state index contributed by atoms with van der Waals surface area (Å²) >= 11 is 0. The zero-order valence-electron chi connectivity index (χ0n) is 17.3. The van der Waals surface area contributed by atoms with Crippen molar-refractivity contribution in [2.45, 2.75) is 25.9 Å². The number of carboxylic acids is 1. The molecule has 0 unspecified atom stereocenters. The SMILES string of the molecule is Cc1c(-c2cccc(-c3cc([C@]4(O)CCN(C)C4=O)on3)c2)nc(C(=O)O)c(N)c1C. The number of anilines is 1. The van der Waals surface area contributed by atoms with Crippen molar-refractivity contribution in [1.82, 2.24) is 15.0 Å². The molecule has 0 bridgehead atoms. The van der Waals surface area contributed by atoms with Crippen LogP contribution in [-0.2, 0) is 10.4 Å². The fourth-order valence-electron chi connectivity index (χ4n) is 3.77. The zero-order chi connectivity index (χ0) is 22.5. The average Bonchev–Trinajstić information content (AvgIpc) is 3.35. The van der Waals surface area contributed by atoms with Gasteiger partial charge in [-0.05, 0) is 31.0 Å². The van der Waals surface area contributed by atoms with Crippen LogP contribution in [0.1, 0.15) is 33.8 Å². The van der Waals surface area contributed by atoms with Crippen LogP contribution in [0, 0.1) is 13.8 Å². The van der Waals surface area contributed by atoms with Crippen molar-refractivity contribution < 1.29 is 24.3 Å². The molecule has 1 fully saturated rings. The summed E-state index contributed by atoms with van der Waals surface area (Å²) in [6.45, 7) is 4.01. The van der Waals surface area contributed by atoms with Crippen molar-refractivity contribution in [3.8, 4) is 22.5 Å². The number of carbonyl (C=O) groups excluding carboxylic acids is 1. The molecule has 1 aliphatic heterocycles. The molecule has 2 aromatic heterocycles. The first-order chi connectivity index (χ1) is 14.6. The smallest absolute Gasteiger partial charge is 0.356 e. The summed E-state index contributed by atoms with van der Waals surface area (Å²) in [6, 6.07) is 8.74. The Morgan fingerprint density at radius 3 is 2.58 bits per heavy atom. The van der Waals surface area contributed by atoms with Gasteiger partial charge in [0.1, 0.15) is 5.69 Å². The number of likely N-dealkylation sites (tertiary alicyclic amines) is 1. The van der Waals surface area contributed by atoms with Crippen LogP contribution in [-0.4, -0.2) is 50.7 Å². The summed E-state index contributed by atoms with van der Waals surface area (Å²) < 4.78 is 5.32. The van der Waals surface area contributed by atoms with E-state index in [9.17, 15) is 19.8 Å². The summed E-state index contributed by atoms with van der Waals surface area (Å²) in [5.74, 6) is -1.53. The number of amides is 1. The molecule has 1 aliphatic rings. The molecule has 1 aromatic carbocycles. The molecule has 4 rings (SSSR count). The fourth-order valence-corrected chi connectivity index (χ4v) is 3.77. The Hall–Kier alpha value is -3.72. The molecule has 3 aromatic rings. The third kappa shape index (κ3) is 3.23. The van der Waals surface area contributed by atoms with Crippen molar-refractivity contribution in [2.24, 2.45) is 0 Å². The number of likely N-dealkylation sites (N-methyl/N-ethyl adjacent to an activating group) is 1. The number of carbonyl (C=O) groups is 2. The molecule has 9 nitrogen and oxygen atoms in total. The maximum Gasteiger partial charge on any atom is 0.356 e. The van der Waals surface area contributed by atoms with E-state index in [1.165, 1.54) is 4.90 Å². The molecule has 0 spiro atoms. The molecule has 3 heterocycles. The van der Waals surface area contributed by atoms with E-state index < -0.39 is 17.5 Å². The van der Waals surface area contributed by atoms with Crippen LogP contribution >= 0.6 is 0 Å². The molecule has 4 N–H and O–H groups in total. The lowest BCUT2D eigenvalue weighted by molar-refractivity contribution is -0.144. The van der Waals surface area contributed by atoms with E-state index in [1.807, 2.05) is 13.0 Å². The predicted octanol–water partition coefficient (Wildman–Crippen LogP) is 2.35. The molecule has 1 saturated heterocycles.